The van der Waals surface area contributed by atoms with Crippen molar-refractivity contribution in [1.29, 1.82) is 0 Å². The van der Waals surface area contributed by atoms with Gasteiger partial charge in [0.05, 0.1) is 24.3 Å². The zero-order valence-corrected chi connectivity index (χ0v) is 26.8. The van der Waals surface area contributed by atoms with E-state index in [9.17, 15) is 19.2 Å². The van der Waals surface area contributed by atoms with Gasteiger partial charge < -0.3 is 26.3 Å². The standard InChI is InChI=1S/C37H42N6O4/c1-23(2)16-33(36(46)35(45)31(38)19-28-21-39-22-42-28)43-37(47)27(17-25-10-7-9-24-8-3-4-11-29(24)25)18-34(44)40-15-14-26-20-41-32-13-6-5-12-30(26)32/h3-13,20-23,27,31,33,41H,14-19,38H2,1-2H3,(H,39,42)(H,40,44)(H,43,47)/t27?,31-,33-/m0/s1. The lowest BCUT2D eigenvalue weighted by atomic mass is 9.90. The fraction of sp³-hybridized carbons (Fsp3) is 0.324. The van der Waals surface area contributed by atoms with Crippen molar-refractivity contribution in [3.05, 3.63) is 102 Å². The molecule has 0 bridgehead atoms. The Morgan fingerprint density at radius 1 is 0.851 bits per heavy atom. The average molecular weight is 635 g/mol. The van der Waals surface area contributed by atoms with Crippen molar-refractivity contribution in [3.63, 3.8) is 0 Å². The third kappa shape index (κ3) is 8.59. The molecular weight excluding hydrogens is 592 g/mol. The number of nitrogens with one attached hydrogen (secondary N) is 4. The van der Waals surface area contributed by atoms with Crippen molar-refractivity contribution in [3.8, 4) is 0 Å². The van der Waals surface area contributed by atoms with E-state index >= 15 is 0 Å². The van der Waals surface area contributed by atoms with Crippen LogP contribution in [0.1, 0.15) is 43.5 Å². The summed E-state index contributed by atoms with van der Waals surface area (Å²) in [5.41, 5.74) is 9.79. The Morgan fingerprint density at radius 2 is 1.60 bits per heavy atom. The van der Waals surface area contributed by atoms with Crippen molar-refractivity contribution in [2.24, 2.45) is 17.6 Å². The molecule has 0 saturated heterocycles. The first-order valence-corrected chi connectivity index (χ1v) is 16.1. The Labute approximate surface area is 273 Å². The van der Waals surface area contributed by atoms with Gasteiger partial charge in [-0.1, -0.05) is 74.5 Å². The molecule has 6 N–H and O–H groups in total. The van der Waals surface area contributed by atoms with E-state index < -0.39 is 35.5 Å². The molecule has 0 fully saturated rings. The highest BCUT2D eigenvalue weighted by Crippen LogP contribution is 2.24. The van der Waals surface area contributed by atoms with Crippen LogP contribution in [0.25, 0.3) is 21.7 Å². The van der Waals surface area contributed by atoms with E-state index in [0.29, 0.717) is 18.7 Å². The number of H-pyrrole nitrogens is 2. The van der Waals surface area contributed by atoms with Crippen LogP contribution >= 0.6 is 0 Å². The normalized spacial score (nSPS) is 13.4. The predicted octanol–water partition coefficient (Wildman–Crippen LogP) is 4.19. The topological polar surface area (TPSA) is 163 Å². The van der Waals surface area contributed by atoms with E-state index in [2.05, 4.69) is 25.6 Å². The van der Waals surface area contributed by atoms with Crippen LogP contribution < -0.4 is 16.4 Å². The van der Waals surface area contributed by atoms with Crippen molar-refractivity contribution in [2.75, 3.05) is 6.54 Å². The number of aromatic amines is 2. The number of ketones is 2. The molecule has 2 aromatic heterocycles. The van der Waals surface area contributed by atoms with Gasteiger partial charge in [0, 0.05) is 48.4 Å². The third-order valence-electron chi connectivity index (χ3n) is 8.45. The number of amides is 2. The Hall–Kier alpha value is -5.09. The molecule has 47 heavy (non-hydrogen) atoms. The molecule has 0 saturated carbocycles. The summed E-state index contributed by atoms with van der Waals surface area (Å²) in [6.45, 7) is 4.23. The van der Waals surface area contributed by atoms with Gasteiger partial charge in [0.1, 0.15) is 0 Å². The van der Waals surface area contributed by atoms with Crippen LogP contribution in [0.4, 0.5) is 0 Å². The van der Waals surface area contributed by atoms with Crippen molar-refractivity contribution < 1.29 is 19.2 Å². The Morgan fingerprint density at radius 3 is 2.36 bits per heavy atom. The first kappa shape index (κ1) is 33.3. The summed E-state index contributed by atoms with van der Waals surface area (Å²) < 4.78 is 0. The molecule has 244 valence electrons. The molecule has 5 aromatic rings. The fourth-order valence-electron chi connectivity index (χ4n) is 6.04. The van der Waals surface area contributed by atoms with Gasteiger partial charge >= 0.3 is 0 Å². The number of carbonyl (C=O) groups is 4. The first-order chi connectivity index (χ1) is 22.7. The number of para-hydroxylation sites is 1. The number of fused-ring (bicyclic) bond motifs is 2. The number of rotatable bonds is 16. The van der Waals surface area contributed by atoms with Crippen LogP contribution in [-0.2, 0) is 38.4 Å². The first-order valence-electron chi connectivity index (χ1n) is 16.1. The molecule has 3 atom stereocenters. The SMILES string of the molecule is CC(C)C[C@H](NC(=O)C(CC(=O)NCCc1c[nH]c2ccccc12)Cc1cccc2ccccc12)C(=O)C(=O)[C@@H](N)Cc1cnc[nH]1. The monoisotopic (exact) mass is 634 g/mol. The predicted molar refractivity (Wildman–Crippen MR) is 182 cm³/mol. The van der Waals surface area contributed by atoms with Gasteiger partial charge in [0.2, 0.25) is 23.4 Å². The van der Waals surface area contributed by atoms with Gasteiger partial charge in [-0.2, -0.15) is 0 Å². The highest BCUT2D eigenvalue weighted by Gasteiger charge is 2.33. The third-order valence-corrected chi connectivity index (χ3v) is 8.45. The number of aromatic nitrogens is 3. The Kier molecular flexibility index (Phi) is 11.0. The van der Waals surface area contributed by atoms with Gasteiger partial charge in [0.25, 0.3) is 0 Å². The zero-order valence-electron chi connectivity index (χ0n) is 26.8. The smallest absolute Gasteiger partial charge is 0.224 e. The van der Waals surface area contributed by atoms with E-state index in [0.717, 1.165) is 32.8 Å². The van der Waals surface area contributed by atoms with Crippen LogP contribution in [0, 0.1) is 11.8 Å². The van der Waals surface area contributed by atoms with Crippen LogP contribution in [0.5, 0.6) is 0 Å². The highest BCUT2D eigenvalue weighted by atomic mass is 16.2. The summed E-state index contributed by atoms with van der Waals surface area (Å²) in [4.78, 5) is 63.9. The highest BCUT2D eigenvalue weighted by molar-refractivity contribution is 6.41. The molecule has 0 spiro atoms. The van der Waals surface area contributed by atoms with Crippen LogP contribution in [-0.4, -0.2) is 57.0 Å². The minimum atomic E-state index is -1.08. The summed E-state index contributed by atoms with van der Waals surface area (Å²) in [6, 6.07) is 19.6. The maximum atomic E-state index is 14.0. The maximum absolute atomic E-state index is 14.0. The lowest BCUT2D eigenvalue weighted by molar-refractivity contribution is -0.140. The lowest BCUT2D eigenvalue weighted by Crippen LogP contribution is -2.51. The molecule has 10 heteroatoms. The molecule has 2 heterocycles. The number of benzene rings is 3. The number of hydrogen-bond donors (Lipinski definition) is 5. The second-order valence-corrected chi connectivity index (χ2v) is 12.5. The van der Waals surface area contributed by atoms with Gasteiger partial charge in [-0.15, -0.1) is 0 Å². The number of hydrogen-bond acceptors (Lipinski definition) is 6. The summed E-state index contributed by atoms with van der Waals surface area (Å²) in [6.07, 6.45) is 6.17. The average Bonchev–Trinajstić information content (AvgIpc) is 3.73. The van der Waals surface area contributed by atoms with Gasteiger partial charge in [-0.25, -0.2) is 4.98 Å². The molecule has 2 amide bonds. The molecule has 3 aromatic carbocycles. The van der Waals surface area contributed by atoms with Crippen molar-refractivity contribution >= 4 is 45.1 Å². The van der Waals surface area contributed by atoms with E-state index in [4.69, 9.17) is 5.73 Å². The number of imidazole rings is 1. The molecular formula is C37H42N6O4. The summed E-state index contributed by atoms with van der Waals surface area (Å²) >= 11 is 0. The van der Waals surface area contributed by atoms with E-state index in [1.54, 1.807) is 6.20 Å². The van der Waals surface area contributed by atoms with Crippen LogP contribution in [0.2, 0.25) is 0 Å². The molecule has 10 nitrogen and oxygen atoms in total. The maximum Gasteiger partial charge on any atom is 0.224 e. The molecule has 1 unspecified atom stereocenters. The second-order valence-electron chi connectivity index (χ2n) is 12.5. The largest absolute Gasteiger partial charge is 0.361 e. The van der Waals surface area contributed by atoms with Gasteiger partial charge in [-0.05, 0) is 53.1 Å². The van der Waals surface area contributed by atoms with E-state index in [-0.39, 0.29) is 37.5 Å². The molecule has 0 aliphatic heterocycles. The Balaban J connectivity index is 1.31. The van der Waals surface area contributed by atoms with Crippen molar-refractivity contribution in [2.45, 2.75) is 58.0 Å². The fourth-order valence-corrected chi connectivity index (χ4v) is 6.04. The molecule has 0 aliphatic carbocycles. The number of Topliss-reactive ketones (excluding diaryl/α,β-unsaturated/α-hetero) is 2. The summed E-state index contributed by atoms with van der Waals surface area (Å²) in [5, 5.41) is 8.94. The van der Waals surface area contributed by atoms with E-state index in [1.165, 1.54) is 6.33 Å². The summed E-state index contributed by atoms with van der Waals surface area (Å²) in [5.74, 6) is -3.01. The summed E-state index contributed by atoms with van der Waals surface area (Å²) in [7, 11) is 0. The van der Waals surface area contributed by atoms with Crippen LogP contribution in [0.3, 0.4) is 0 Å². The van der Waals surface area contributed by atoms with Crippen LogP contribution in [0.15, 0.2) is 85.5 Å². The van der Waals surface area contributed by atoms with E-state index in [1.807, 2.05) is 86.8 Å². The molecule has 0 radical (unpaired) electrons. The minimum Gasteiger partial charge on any atom is -0.361 e. The number of nitrogens with two attached hydrogens (primary N) is 1. The molecule has 5 rings (SSSR count). The molecule has 0 aliphatic rings. The number of carbonyl (C=O) groups excluding carboxylic acids is 4. The Bertz CT molecular complexity index is 1840. The quantitative estimate of drug-likeness (QED) is 0.102. The second kappa shape index (κ2) is 15.5. The van der Waals surface area contributed by atoms with Gasteiger partial charge in [0.15, 0.2) is 0 Å². The van der Waals surface area contributed by atoms with Gasteiger partial charge in [-0.3, -0.25) is 19.2 Å². The minimum absolute atomic E-state index is 0.00482. The number of nitrogens with zero attached hydrogens (tertiary/aromatic N) is 1. The lowest BCUT2D eigenvalue weighted by Gasteiger charge is -2.24. The van der Waals surface area contributed by atoms with Crippen molar-refractivity contribution in [1.82, 2.24) is 25.6 Å². The zero-order chi connectivity index (χ0) is 33.3.